The summed E-state index contributed by atoms with van der Waals surface area (Å²) in [5, 5.41) is 19.2. The largest absolute Gasteiger partial charge is 0.472 e. The first-order chi connectivity index (χ1) is 29.8. The van der Waals surface area contributed by atoms with Crippen LogP contribution in [-0.4, -0.2) is 65.7 Å². The van der Waals surface area contributed by atoms with E-state index >= 15 is 0 Å². The van der Waals surface area contributed by atoms with Crippen molar-refractivity contribution in [3.63, 3.8) is 0 Å². The number of aliphatic hydroxyl groups is 2. The fourth-order valence-electron chi connectivity index (χ4n) is 5.80. The van der Waals surface area contributed by atoms with Gasteiger partial charge in [0.15, 0.2) is 0 Å². The quantitative estimate of drug-likeness (QED) is 0.0234. The van der Waals surface area contributed by atoms with Crippen molar-refractivity contribution in [2.45, 2.75) is 180 Å². The molecule has 11 heteroatoms. The van der Waals surface area contributed by atoms with E-state index in [1.165, 1.54) is 38.5 Å². The summed E-state index contributed by atoms with van der Waals surface area (Å²) in [6.45, 7) is 1.91. The summed E-state index contributed by atoms with van der Waals surface area (Å²) < 4.78 is 32.6. The Morgan fingerprint density at radius 2 is 0.721 bits per heavy atom. The van der Waals surface area contributed by atoms with Crippen LogP contribution in [0.1, 0.15) is 168 Å². The van der Waals surface area contributed by atoms with Gasteiger partial charge in [-0.15, -0.1) is 0 Å². The van der Waals surface area contributed by atoms with Gasteiger partial charge in [0.25, 0.3) is 0 Å². The van der Waals surface area contributed by atoms with Crippen molar-refractivity contribution in [1.82, 2.24) is 0 Å². The average molecular weight is 875 g/mol. The summed E-state index contributed by atoms with van der Waals surface area (Å²) in [6, 6.07) is 0. The van der Waals surface area contributed by atoms with E-state index in [0.717, 1.165) is 89.9 Å². The zero-order valence-corrected chi connectivity index (χ0v) is 38.7. The van der Waals surface area contributed by atoms with Gasteiger partial charge >= 0.3 is 19.8 Å². The molecule has 0 aromatic heterocycles. The number of hydrogen-bond donors (Lipinski definition) is 3. The Morgan fingerprint density at radius 3 is 1.07 bits per heavy atom. The van der Waals surface area contributed by atoms with Gasteiger partial charge in [-0.05, 0) is 89.9 Å². The van der Waals surface area contributed by atoms with Gasteiger partial charge in [0, 0.05) is 12.8 Å². The maximum absolute atomic E-state index is 12.4. The number of carbonyl (C=O) groups excluding carboxylic acids is 2. The fourth-order valence-corrected chi connectivity index (χ4v) is 6.59. The molecule has 0 bridgehead atoms. The number of phosphoric ester groups is 1. The lowest BCUT2D eigenvalue weighted by atomic mass is 10.0. The van der Waals surface area contributed by atoms with Crippen molar-refractivity contribution in [3.8, 4) is 0 Å². The molecule has 3 unspecified atom stereocenters. The monoisotopic (exact) mass is 875 g/mol. The van der Waals surface area contributed by atoms with Crippen LogP contribution >= 0.6 is 7.82 Å². The average Bonchev–Trinajstić information content (AvgIpc) is 3.25. The number of hydrogen-bond acceptors (Lipinski definition) is 9. The Labute approximate surface area is 370 Å². The van der Waals surface area contributed by atoms with Crippen molar-refractivity contribution in [2.75, 3.05) is 26.4 Å². The van der Waals surface area contributed by atoms with E-state index in [2.05, 4.69) is 111 Å². The first kappa shape index (κ1) is 57.9. The van der Waals surface area contributed by atoms with Crippen LogP contribution in [-0.2, 0) is 32.7 Å². The van der Waals surface area contributed by atoms with Gasteiger partial charge < -0.3 is 24.6 Å². The number of esters is 2. The molecule has 0 saturated heterocycles. The van der Waals surface area contributed by atoms with Crippen molar-refractivity contribution in [1.29, 1.82) is 0 Å². The van der Waals surface area contributed by atoms with Gasteiger partial charge in [-0.1, -0.05) is 162 Å². The van der Waals surface area contributed by atoms with Crippen LogP contribution in [0, 0.1) is 0 Å². The summed E-state index contributed by atoms with van der Waals surface area (Å²) in [7, 11) is -4.66. The molecule has 3 N–H and O–H groups in total. The second-order valence-corrected chi connectivity index (χ2v) is 16.4. The molecule has 0 aliphatic carbocycles. The molecule has 0 heterocycles. The van der Waals surface area contributed by atoms with Crippen molar-refractivity contribution < 1.29 is 47.8 Å². The van der Waals surface area contributed by atoms with Crippen molar-refractivity contribution >= 4 is 19.8 Å². The molecule has 0 aromatic carbocycles. The van der Waals surface area contributed by atoms with Crippen LogP contribution in [0.4, 0.5) is 0 Å². The highest BCUT2D eigenvalue weighted by Crippen LogP contribution is 2.43. The van der Waals surface area contributed by atoms with E-state index in [-0.39, 0.29) is 12.8 Å². The van der Waals surface area contributed by atoms with Gasteiger partial charge in [0.2, 0.25) is 0 Å². The third kappa shape index (κ3) is 43.3. The van der Waals surface area contributed by atoms with Gasteiger partial charge in [-0.3, -0.25) is 18.6 Å². The molecule has 0 aromatic rings. The number of aliphatic hydroxyl groups excluding tert-OH is 2. The Kier molecular flexibility index (Phi) is 42.6. The van der Waals surface area contributed by atoms with Crippen LogP contribution in [0.15, 0.2) is 97.2 Å². The molecular formula is C50H83O10P. The third-order valence-electron chi connectivity index (χ3n) is 9.29. The molecule has 0 saturated carbocycles. The van der Waals surface area contributed by atoms with Gasteiger partial charge in [0.05, 0.1) is 26.4 Å². The fraction of sp³-hybridized carbons (Fsp3) is 0.640. The summed E-state index contributed by atoms with van der Waals surface area (Å²) in [4.78, 5) is 34.6. The number of ether oxygens (including phenoxy) is 2. The van der Waals surface area contributed by atoms with Crippen LogP contribution in [0.5, 0.6) is 0 Å². The summed E-state index contributed by atoms with van der Waals surface area (Å²) in [5.74, 6) is -1.07. The number of allylic oxidation sites excluding steroid dienone is 16. The standard InChI is InChI=1S/C50H83O10P/c1-3-5-7-9-11-13-15-17-19-20-21-22-23-24-25-26-28-30-32-34-36-38-40-42-50(54)60-48(44-52)46-58-61(55,56)57-45-47(43-51)59-49(53)41-39-37-35-33-31-29-27-18-16-14-12-10-8-6-4-2/h5-8,11-14,17-19,21-22,27,31,33,47-48,51-52H,3-4,9-10,15-16,20,23-26,28-30,32,34-46H2,1-2H3,(H,55,56)/b7-5-,8-6-,13-11-,14-12-,19-17-,22-21-,27-18-,33-31-. The van der Waals surface area contributed by atoms with Crippen LogP contribution in [0.25, 0.3) is 0 Å². The lowest BCUT2D eigenvalue weighted by molar-refractivity contribution is -0.153. The number of carbonyl (C=O) groups is 2. The number of rotatable bonds is 42. The molecule has 0 amide bonds. The molecule has 3 atom stereocenters. The minimum absolute atomic E-state index is 0.135. The van der Waals surface area contributed by atoms with E-state index in [0.29, 0.717) is 12.8 Å². The number of unbranched alkanes of at least 4 members (excludes halogenated alkanes) is 12. The zero-order chi connectivity index (χ0) is 44.8. The first-order valence-electron chi connectivity index (χ1n) is 23.2. The van der Waals surface area contributed by atoms with Crippen LogP contribution in [0.2, 0.25) is 0 Å². The Balaban J connectivity index is 3.93. The smallest absolute Gasteiger partial charge is 0.457 e. The molecular weight excluding hydrogens is 792 g/mol. The maximum Gasteiger partial charge on any atom is 0.472 e. The normalized spacial score (nSPS) is 14.6. The van der Waals surface area contributed by atoms with Gasteiger partial charge in [0.1, 0.15) is 12.2 Å². The maximum atomic E-state index is 12.4. The summed E-state index contributed by atoms with van der Waals surface area (Å²) >= 11 is 0. The van der Waals surface area contributed by atoms with E-state index in [1.807, 2.05) is 0 Å². The second-order valence-electron chi connectivity index (χ2n) is 15.0. The molecule has 0 rings (SSSR count). The first-order valence-corrected chi connectivity index (χ1v) is 24.7. The second kappa shape index (κ2) is 44.9. The van der Waals surface area contributed by atoms with Crippen molar-refractivity contribution in [2.24, 2.45) is 0 Å². The van der Waals surface area contributed by atoms with E-state index in [1.54, 1.807) is 0 Å². The van der Waals surface area contributed by atoms with Crippen molar-refractivity contribution in [3.05, 3.63) is 97.2 Å². The minimum atomic E-state index is -4.66. The highest BCUT2D eigenvalue weighted by molar-refractivity contribution is 7.47. The molecule has 10 nitrogen and oxygen atoms in total. The molecule has 0 fully saturated rings. The van der Waals surface area contributed by atoms with Crippen LogP contribution < -0.4 is 0 Å². The molecule has 0 radical (unpaired) electrons. The molecule has 61 heavy (non-hydrogen) atoms. The van der Waals surface area contributed by atoms with E-state index in [9.17, 15) is 29.3 Å². The van der Waals surface area contributed by atoms with E-state index in [4.69, 9.17) is 18.5 Å². The number of phosphoric acid groups is 1. The molecule has 348 valence electrons. The van der Waals surface area contributed by atoms with Crippen LogP contribution in [0.3, 0.4) is 0 Å². The highest BCUT2D eigenvalue weighted by atomic mass is 31.2. The lowest BCUT2D eigenvalue weighted by Crippen LogP contribution is -2.28. The third-order valence-corrected chi connectivity index (χ3v) is 10.2. The Morgan fingerprint density at radius 1 is 0.443 bits per heavy atom. The minimum Gasteiger partial charge on any atom is -0.457 e. The van der Waals surface area contributed by atoms with Gasteiger partial charge in [-0.2, -0.15) is 0 Å². The molecule has 0 aliphatic rings. The topological polar surface area (TPSA) is 149 Å². The van der Waals surface area contributed by atoms with Gasteiger partial charge in [-0.25, -0.2) is 4.57 Å². The predicted molar refractivity (Wildman–Crippen MR) is 251 cm³/mol. The molecule has 0 spiro atoms. The SMILES string of the molecule is CC/C=C\C/C=C\C/C=C\C/C=C\CCCCCCCCCCCCC(=O)OC(CO)COP(=O)(O)OCC(CO)OC(=O)CCCC/C=C\C/C=C\C/C=C\C/C=C\CC. The molecule has 0 aliphatic heterocycles. The lowest BCUT2D eigenvalue weighted by Gasteiger charge is -2.20. The Hall–Kier alpha value is -3.11. The summed E-state index contributed by atoms with van der Waals surface area (Å²) in [6.07, 6.45) is 55.3. The van der Waals surface area contributed by atoms with E-state index < -0.39 is 58.4 Å². The highest BCUT2D eigenvalue weighted by Gasteiger charge is 2.27. The summed E-state index contributed by atoms with van der Waals surface area (Å²) in [5.41, 5.74) is 0. The predicted octanol–water partition coefficient (Wildman–Crippen LogP) is 12.8. The Bertz CT molecular complexity index is 1330. The zero-order valence-electron chi connectivity index (χ0n) is 37.8.